The van der Waals surface area contributed by atoms with Crippen LogP contribution in [0.2, 0.25) is 0 Å². The monoisotopic (exact) mass is 495 g/mol. The van der Waals surface area contributed by atoms with Gasteiger partial charge in [-0.2, -0.15) is 0 Å². The fourth-order valence-corrected chi connectivity index (χ4v) is 4.82. The molecular weight excluding hydrogens is 446 g/mol. The molecule has 0 unspecified atom stereocenters. The van der Waals surface area contributed by atoms with Crippen molar-refractivity contribution in [3.8, 4) is 11.5 Å². The molecular formula is C32H49NO3. The number of amides is 1. The summed E-state index contributed by atoms with van der Waals surface area (Å²) in [5, 5.41) is 22.3. The van der Waals surface area contributed by atoms with Crippen molar-refractivity contribution in [2.24, 2.45) is 0 Å². The molecule has 0 aliphatic carbocycles. The van der Waals surface area contributed by atoms with E-state index < -0.39 is 5.92 Å². The smallest absolute Gasteiger partial charge is 0.232 e. The van der Waals surface area contributed by atoms with Crippen LogP contribution in [0, 0.1) is 0 Å². The number of rotatable bonds is 20. The molecule has 0 spiro atoms. The molecule has 2 rings (SSSR count). The lowest BCUT2D eigenvalue weighted by Crippen LogP contribution is -2.30. The average molecular weight is 496 g/mol. The molecule has 4 heteroatoms. The van der Waals surface area contributed by atoms with Crippen molar-refractivity contribution in [2.45, 2.75) is 116 Å². The average Bonchev–Trinajstić information content (AvgIpc) is 2.88. The zero-order valence-corrected chi connectivity index (χ0v) is 22.5. The van der Waals surface area contributed by atoms with Crippen LogP contribution in [0.4, 0.5) is 0 Å². The van der Waals surface area contributed by atoms with Gasteiger partial charge in [0.1, 0.15) is 11.5 Å². The molecule has 0 heterocycles. The molecule has 3 N–H and O–H groups in total. The van der Waals surface area contributed by atoms with Gasteiger partial charge in [0.05, 0.1) is 5.92 Å². The highest BCUT2D eigenvalue weighted by Gasteiger charge is 2.22. The Kier molecular flexibility index (Phi) is 15.5. The fraction of sp³-hybridized carbons (Fsp3) is 0.594. The van der Waals surface area contributed by atoms with Gasteiger partial charge in [0, 0.05) is 6.54 Å². The highest BCUT2D eigenvalue weighted by molar-refractivity contribution is 5.87. The van der Waals surface area contributed by atoms with Crippen molar-refractivity contribution in [1.29, 1.82) is 0 Å². The van der Waals surface area contributed by atoms with Gasteiger partial charge in [0.15, 0.2) is 0 Å². The first-order valence-corrected chi connectivity index (χ1v) is 14.5. The molecule has 0 aliphatic heterocycles. The molecule has 0 radical (unpaired) electrons. The SMILES string of the molecule is CCCCCCCCCCCCCCCCCCNC(=O)C(c1ccc(O)cc1)c1ccc(O)cc1. The van der Waals surface area contributed by atoms with Crippen molar-refractivity contribution in [1.82, 2.24) is 5.32 Å². The molecule has 200 valence electrons. The van der Waals surface area contributed by atoms with Crippen LogP contribution in [0.3, 0.4) is 0 Å². The number of benzene rings is 2. The van der Waals surface area contributed by atoms with Crippen LogP contribution in [0.5, 0.6) is 11.5 Å². The summed E-state index contributed by atoms with van der Waals surface area (Å²) < 4.78 is 0. The molecule has 0 aliphatic rings. The first-order valence-electron chi connectivity index (χ1n) is 14.5. The lowest BCUT2D eigenvalue weighted by molar-refractivity contribution is -0.121. The van der Waals surface area contributed by atoms with Crippen molar-refractivity contribution >= 4 is 5.91 Å². The maximum Gasteiger partial charge on any atom is 0.232 e. The number of aromatic hydroxyl groups is 2. The van der Waals surface area contributed by atoms with E-state index in [1.54, 1.807) is 48.5 Å². The Morgan fingerprint density at radius 2 is 0.917 bits per heavy atom. The van der Waals surface area contributed by atoms with Gasteiger partial charge in [0.25, 0.3) is 0 Å². The minimum Gasteiger partial charge on any atom is -0.508 e. The van der Waals surface area contributed by atoms with Crippen LogP contribution in [-0.4, -0.2) is 22.7 Å². The van der Waals surface area contributed by atoms with Gasteiger partial charge in [0.2, 0.25) is 5.91 Å². The lowest BCUT2D eigenvalue weighted by atomic mass is 9.90. The summed E-state index contributed by atoms with van der Waals surface area (Å²) in [6, 6.07) is 13.5. The van der Waals surface area contributed by atoms with Gasteiger partial charge in [-0.25, -0.2) is 0 Å². The second-order valence-electron chi connectivity index (χ2n) is 10.2. The molecule has 0 saturated heterocycles. The second-order valence-corrected chi connectivity index (χ2v) is 10.2. The van der Waals surface area contributed by atoms with Crippen LogP contribution >= 0.6 is 0 Å². The van der Waals surface area contributed by atoms with Crippen molar-refractivity contribution < 1.29 is 15.0 Å². The van der Waals surface area contributed by atoms with E-state index in [4.69, 9.17) is 0 Å². The molecule has 0 saturated carbocycles. The Bertz CT molecular complexity index is 771. The zero-order chi connectivity index (χ0) is 25.8. The van der Waals surface area contributed by atoms with Crippen molar-refractivity contribution in [3.05, 3.63) is 59.7 Å². The Morgan fingerprint density at radius 1 is 0.583 bits per heavy atom. The van der Waals surface area contributed by atoms with Crippen LogP contribution in [0.1, 0.15) is 127 Å². The fourth-order valence-electron chi connectivity index (χ4n) is 4.82. The third kappa shape index (κ3) is 12.5. The van der Waals surface area contributed by atoms with E-state index in [0.717, 1.165) is 24.0 Å². The highest BCUT2D eigenvalue weighted by atomic mass is 16.3. The summed E-state index contributed by atoms with van der Waals surface area (Å²) in [6.45, 7) is 2.95. The van der Waals surface area contributed by atoms with Gasteiger partial charge >= 0.3 is 0 Å². The number of hydrogen-bond donors (Lipinski definition) is 3. The maximum atomic E-state index is 13.0. The third-order valence-corrected chi connectivity index (χ3v) is 7.04. The summed E-state index contributed by atoms with van der Waals surface area (Å²) in [7, 11) is 0. The van der Waals surface area contributed by atoms with Crippen molar-refractivity contribution in [3.63, 3.8) is 0 Å². The highest BCUT2D eigenvalue weighted by Crippen LogP contribution is 2.28. The standard InChI is InChI=1S/C32H49NO3/c1-2-3-4-5-6-7-8-9-10-11-12-13-14-15-16-17-26-33-32(36)31(27-18-22-29(34)23-19-27)28-20-24-30(35)25-21-28/h18-25,31,34-35H,2-17,26H2,1H3,(H,33,36). The van der Waals surface area contributed by atoms with E-state index in [1.807, 2.05) is 0 Å². The minimum atomic E-state index is -0.466. The van der Waals surface area contributed by atoms with Crippen LogP contribution in [-0.2, 0) is 4.79 Å². The minimum absolute atomic E-state index is 0.0488. The Balaban J connectivity index is 1.54. The molecule has 0 fully saturated rings. The van der Waals surface area contributed by atoms with Crippen LogP contribution < -0.4 is 5.32 Å². The van der Waals surface area contributed by atoms with E-state index in [9.17, 15) is 15.0 Å². The molecule has 2 aromatic rings. The summed E-state index contributed by atoms with van der Waals surface area (Å²) in [5.41, 5.74) is 1.64. The summed E-state index contributed by atoms with van der Waals surface area (Å²) in [4.78, 5) is 13.0. The molecule has 2 aromatic carbocycles. The van der Waals surface area contributed by atoms with E-state index in [1.165, 1.54) is 89.9 Å². The van der Waals surface area contributed by atoms with E-state index in [0.29, 0.717) is 6.54 Å². The van der Waals surface area contributed by atoms with Crippen molar-refractivity contribution in [2.75, 3.05) is 6.54 Å². The second kappa shape index (κ2) is 18.7. The van der Waals surface area contributed by atoms with Gasteiger partial charge < -0.3 is 15.5 Å². The first-order chi connectivity index (χ1) is 17.6. The predicted molar refractivity (Wildman–Crippen MR) is 151 cm³/mol. The number of phenols is 2. The summed E-state index contributed by atoms with van der Waals surface area (Å²) in [5.74, 6) is -0.159. The predicted octanol–water partition coefficient (Wildman–Crippen LogP) is 8.61. The molecule has 1 amide bonds. The van der Waals surface area contributed by atoms with Gasteiger partial charge in [-0.05, 0) is 41.8 Å². The topological polar surface area (TPSA) is 69.6 Å². The molecule has 4 nitrogen and oxygen atoms in total. The first kappa shape index (κ1) is 29.7. The summed E-state index contributed by atoms with van der Waals surface area (Å²) in [6.07, 6.45) is 21.3. The van der Waals surface area contributed by atoms with Crippen LogP contribution in [0.15, 0.2) is 48.5 Å². The van der Waals surface area contributed by atoms with Gasteiger partial charge in [-0.1, -0.05) is 128 Å². The number of unbranched alkanes of at least 4 members (excludes halogenated alkanes) is 15. The van der Waals surface area contributed by atoms with Gasteiger partial charge in [-0.3, -0.25) is 4.79 Å². The Morgan fingerprint density at radius 3 is 1.28 bits per heavy atom. The molecule has 0 aromatic heterocycles. The third-order valence-electron chi connectivity index (χ3n) is 7.04. The van der Waals surface area contributed by atoms with E-state index >= 15 is 0 Å². The molecule has 0 bridgehead atoms. The quantitative estimate of drug-likeness (QED) is 0.161. The summed E-state index contributed by atoms with van der Waals surface area (Å²) >= 11 is 0. The Hall–Kier alpha value is -2.49. The van der Waals surface area contributed by atoms with E-state index in [2.05, 4.69) is 12.2 Å². The maximum absolute atomic E-state index is 13.0. The Labute approximate surface area is 219 Å². The van der Waals surface area contributed by atoms with Gasteiger partial charge in [-0.15, -0.1) is 0 Å². The zero-order valence-electron chi connectivity index (χ0n) is 22.5. The van der Waals surface area contributed by atoms with E-state index in [-0.39, 0.29) is 17.4 Å². The lowest BCUT2D eigenvalue weighted by Gasteiger charge is -2.18. The largest absolute Gasteiger partial charge is 0.508 e. The number of nitrogens with one attached hydrogen (secondary N) is 1. The number of carbonyl (C=O) groups is 1. The van der Waals surface area contributed by atoms with Crippen LogP contribution in [0.25, 0.3) is 0 Å². The number of hydrogen-bond acceptors (Lipinski definition) is 3. The molecule has 36 heavy (non-hydrogen) atoms. The number of phenolic OH excluding ortho intramolecular Hbond substituents is 2. The normalized spacial score (nSPS) is 11.2. The number of carbonyl (C=O) groups excluding carboxylic acids is 1. The molecule has 0 atom stereocenters.